The van der Waals surface area contributed by atoms with E-state index in [-0.39, 0.29) is 12.2 Å². The van der Waals surface area contributed by atoms with Gasteiger partial charge >= 0.3 is 0 Å². The zero-order valence-corrected chi connectivity index (χ0v) is 20.3. The largest absolute Gasteiger partial charge is 0.371 e. The molecule has 0 saturated carbocycles. The number of aromatic nitrogens is 1. The van der Waals surface area contributed by atoms with Gasteiger partial charge in [-0.3, -0.25) is 14.2 Å². The Balaban J connectivity index is 1.39. The number of amides is 1. The molecule has 4 atom stereocenters. The van der Waals surface area contributed by atoms with E-state index in [1.165, 1.54) is 42.1 Å². The van der Waals surface area contributed by atoms with E-state index in [1.54, 1.807) is 6.07 Å². The third-order valence-electron chi connectivity index (χ3n) is 8.53. The summed E-state index contributed by atoms with van der Waals surface area (Å²) >= 11 is 0. The number of anilines is 1. The number of hydrogen-bond donors (Lipinski definition) is 2. The van der Waals surface area contributed by atoms with Gasteiger partial charge in [-0.05, 0) is 43.4 Å². The molecule has 7 heteroatoms. The fourth-order valence-corrected chi connectivity index (χ4v) is 6.64. The van der Waals surface area contributed by atoms with E-state index < -0.39 is 5.91 Å². The summed E-state index contributed by atoms with van der Waals surface area (Å²) in [5, 5.41) is 0. The quantitative estimate of drug-likeness (QED) is 0.642. The van der Waals surface area contributed by atoms with Crippen LogP contribution in [0.1, 0.15) is 50.5 Å². The average molecular weight is 468 g/mol. The summed E-state index contributed by atoms with van der Waals surface area (Å²) in [6.45, 7) is 4.41. The predicted octanol–water partition coefficient (Wildman–Crippen LogP) is 2.72. The van der Waals surface area contributed by atoms with E-state index >= 15 is 0 Å². The number of nitrogens with one attached hydrogen (secondary N) is 1. The van der Waals surface area contributed by atoms with Crippen LogP contribution in [-0.4, -0.2) is 56.2 Å². The van der Waals surface area contributed by atoms with Gasteiger partial charge in [0.2, 0.25) is 11.7 Å². The lowest BCUT2D eigenvalue weighted by molar-refractivity contribution is -0.867. The minimum absolute atomic E-state index is 0.176. The molecule has 3 fully saturated rings. The first-order valence-electron chi connectivity index (χ1n) is 13.0. The van der Waals surface area contributed by atoms with Crippen LogP contribution in [0.25, 0.3) is 0 Å². The van der Waals surface area contributed by atoms with Crippen molar-refractivity contribution < 1.29 is 14.1 Å². The first kappa shape index (κ1) is 23.2. The number of nitrogens with two attached hydrogens (primary N) is 1. The molecule has 1 amide bonds. The summed E-state index contributed by atoms with van der Waals surface area (Å²) in [5.41, 5.74) is 8.35. The topological polar surface area (TPSA) is 63.7 Å². The van der Waals surface area contributed by atoms with E-state index in [0.717, 1.165) is 49.2 Å². The molecule has 2 aromatic rings. The van der Waals surface area contributed by atoms with Crippen LogP contribution in [0.15, 0.2) is 36.5 Å². The fourth-order valence-electron chi connectivity index (χ4n) is 6.64. The van der Waals surface area contributed by atoms with Gasteiger partial charge in [0, 0.05) is 62.4 Å². The van der Waals surface area contributed by atoms with Crippen molar-refractivity contribution in [3.63, 3.8) is 0 Å². The second-order valence-corrected chi connectivity index (χ2v) is 10.6. The van der Waals surface area contributed by atoms with Crippen molar-refractivity contribution in [1.82, 2.24) is 9.47 Å². The summed E-state index contributed by atoms with van der Waals surface area (Å²) in [4.78, 5) is 20.1. The molecule has 0 bridgehead atoms. The highest BCUT2D eigenvalue weighted by atomic mass is 19.1. The fraction of sp³-hybridized carbons (Fsp3) is 0.556. The van der Waals surface area contributed by atoms with E-state index in [9.17, 15) is 9.18 Å². The van der Waals surface area contributed by atoms with Gasteiger partial charge in [0.1, 0.15) is 17.5 Å². The number of carbonyl (C=O) groups is 1. The van der Waals surface area contributed by atoms with Crippen LogP contribution < -0.4 is 20.0 Å². The summed E-state index contributed by atoms with van der Waals surface area (Å²) < 4.78 is 15.3. The van der Waals surface area contributed by atoms with Crippen molar-refractivity contribution in [2.24, 2.45) is 5.73 Å². The Morgan fingerprint density at radius 1 is 1.18 bits per heavy atom. The summed E-state index contributed by atoms with van der Waals surface area (Å²) in [6, 6.07) is 10.9. The molecule has 3 aliphatic rings. The van der Waals surface area contributed by atoms with Gasteiger partial charge in [0.15, 0.2) is 6.04 Å². The number of piperidine rings is 2. The predicted molar refractivity (Wildman–Crippen MR) is 134 cm³/mol. The van der Waals surface area contributed by atoms with Crippen molar-refractivity contribution in [3.8, 4) is 0 Å². The molecule has 3 N–H and O–H groups in total. The molecule has 3 aliphatic heterocycles. The second-order valence-electron chi connectivity index (χ2n) is 10.6. The van der Waals surface area contributed by atoms with Crippen molar-refractivity contribution >= 4 is 23.1 Å². The second kappa shape index (κ2) is 9.62. The molecule has 0 radical (unpaired) electrons. The Labute approximate surface area is 202 Å². The number of primary amides is 1. The molecule has 182 valence electrons. The van der Waals surface area contributed by atoms with Crippen LogP contribution in [0.5, 0.6) is 0 Å². The van der Waals surface area contributed by atoms with E-state index in [1.807, 2.05) is 18.3 Å². The number of likely N-dealkylation sites (N-methyl/N-ethyl adjacent to an activating group) is 1. The Morgan fingerprint density at radius 3 is 2.79 bits per heavy atom. The van der Waals surface area contributed by atoms with Crippen LogP contribution in [0, 0.1) is 5.82 Å². The first-order valence-corrected chi connectivity index (χ1v) is 13.0. The minimum atomic E-state index is -0.390. The highest BCUT2D eigenvalue weighted by Gasteiger charge is 2.54. The lowest BCUT2D eigenvalue weighted by Crippen LogP contribution is -3.14. The van der Waals surface area contributed by atoms with E-state index in [4.69, 9.17) is 10.7 Å². The van der Waals surface area contributed by atoms with E-state index in [2.05, 4.69) is 24.1 Å². The summed E-state index contributed by atoms with van der Waals surface area (Å²) in [6.07, 6.45) is 9.86. The Kier molecular flexibility index (Phi) is 6.58. The van der Waals surface area contributed by atoms with Gasteiger partial charge in [0.25, 0.3) is 0 Å². The van der Waals surface area contributed by atoms with Crippen LogP contribution >= 0.6 is 0 Å². The smallest absolute Gasteiger partial charge is 0.229 e. The van der Waals surface area contributed by atoms with Crippen molar-refractivity contribution in [2.45, 2.75) is 63.5 Å². The summed E-state index contributed by atoms with van der Waals surface area (Å²) in [7, 11) is 2.36. The Morgan fingerprint density at radius 2 is 2.00 bits per heavy atom. The molecule has 4 heterocycles. The number of benzene rings is 1. The van der Waals surface area contributed by atoms with Crippen molar-refractivity contribution in [2.75, 3.05) is 38.1 Å². The number of pyridine rings is 1. The molecule has 4 unspecified atom stereocenters. The van der Waals surface area contributed by atoms with Crippen LogP contribution in [-0.2, 0) is 11.2 Å². The highest BCUT2D eigenvalue weighted by Crippen LogP contribution is 2.36. The molecule has 1 aromatic heterocycles. The molecule has 6 nitrogen and oxygen atoms in total. The number of quaternary nitrogens is 2. The highest BCUT2D eigenvalue weighted by molar-refractivity contribution is 5.74. The standard InChI is InChI=1S/C27H36FN5O/c1-33(27-19-21(11-13-30-27)31-14-3-2-4-15-31)17-12-24-25(33)6-5-16-32(24)22-8-9-23(28)20(18-22)7-10-26(29)34/h8-9,11,13,18-19,24-25H,2-7,10,12,14-17H2,1H3,(H-,29,34)/p+2. The molecule has 34 heavy (non-hydrogen) atoms. The van der Waals surface area contributed by atoms with Crippen LogP contribution in [0.3, 0.4) is 0 Å². The first-order chi connectivity index (χ1) is 16.5. The van der Waals surface area contributed by atoms with Crippen molar-refractivity contribution in [3.05, 3.63) is 47.9 Å². The maximum Gasteiger partial charge on any atom is 0.229 e. The number of aryl methyl sites for hydroxylation is 1. The Hall–Kier alpha value is -2.51. The molecule has 0 spiro atoms. The molecule has 0 aliphatic carbocycles. The number of rotatable bonds is 6. The zero-order chi connectivity index (χ0) is 23.7. The number of fused-ring (bicyclic) bond motifs is 1. The Bertz CT molecular complexity index is 1040. The van der Waals surface area contributed by atoms with Gasteiger partial charge in [-0.25, -0.2) is 9.37 Å². The monoisotopic (exact) mass is 467 g/mol. The lowest BCUT2D eigenvalue weighted by Gasteiger charge is -2.40. The van der Waals surface area contributed by atoms with Gasteiger partial charge in [-0.1, -0.05) is 0 Å². The molecular formula is C27H38FN5O+2. The number of hydrogen-bond acceptors (Lipinski definition) is 3. The van der Waals surface area contributed by atoms with Gasteiger partial charge in [-0.2, -0.15) is 0 Å². The maximum atomic E-state index is 14.4. The number of nitrogens with zero attached hydrogens (tertiary/aromatic N) is 3. The lowest BCUT2D eigenvalue weighted by atomic mass is 9.94. The average Bonchev–Trinajstić information content (AvgIpc) is 3.22. The summed E-state index contributed by atoms with van der Waals surface area (Å²) in [5.74, 6) is 0.542. The van der Waals surface area contributed by atoms with Crippen LogP contribution in [0.2, 0.25) is 0 Å². The number of carbonyl (C=O) groups excluding carboxylic acids is 1. The SMILES string of the molecule is C[N+]1(c2cc(N3CCCCC3)ccn2)CCC2C1CCC[NH+]2c1ccc(F)c(CCC(N)=O)c1. The minimum Gasteiger partial charge on any atom is -0.371 e. The van der Waals surface area contributed by atoms with Gasteiger partial charge in [-0.15, -0.1) is 0 Å². The van der Waals surface area contributed by atoms with Gasteiger partial charge in [0.05, 0.1) is 26.6 Å². The molecule has 1 aromatic carbocycles. The molecule has 5 rings (SSSR count). The van der Waals surface area contributed by atoms with Gasteiger partial charge < -0.3 is 10.6 Å². The third kappa shape index (κ3) is 4.43. The maximum absolute atomic E-state index is 14.4. The molecule has 3 saturated heterocycles. The van der Waals surface area contributed by atoms with Crippen LogP contribution in [0.4, 0.5) is 21.6 Å². The van der Waals surface area contributed by atoms with E-state index in [0.29, 0.717) is 24.1 Å². The number of halogens is 1. The molecular weight excluding hydrogens is 429 g/mol. The normalized spacial score (nSPS) is 29.1. The third-order valence-corrected chi connectivity index (χ3v) is 8.53. The number of likely N-dealkylation sites (tertiary alicyclic amines) is 1. The zero-order valence-electron chi connectivity index (χ0n) is 20.3. The van der Waals surface area contributed by atoms with Crippen molar-refractivity contribution in [1.29, 1.82) is 0 Å².